The molecule has 1 heterocycles. The van der Waals surface area contributed by atoms with Crippen LogP contribution in [-0.2, 0) is 0 Å². The van der Waals surface area contributed by atoms with Crippen molar-refractivity contribution >= 4 is 26.8 Å². The molecule has 0 radical (unpaired) electrons. The van der Waals surface area contributed by atoms with E-state index in [1.165, 1.54) is 0 Å². The van der Waals surface area contributed by atoms with Crippen molar-refractivity contribution in [2.24, 2.45) is 0 Å². The van der Waals surface area contributed by atoms with Crippen LogP contribution in [0.4, 0.5) is 0 Å². The van der Waals surface area contributed by atoms with E-state index in [0.717, 1.165) is 15.4 Å². The minimum atomic E-state index is 0.260. The molecule has 0 bridgehead atoms. The lowest BCUT2D eigenvalue weighted by atomic mass is 10.2. The molecule has 0 amide bonds. The van der Waals surface area contributed by atoms with Crippen LogP contribution in [0.15, 0.2) is 22.7 Å². The average molecular weight is 264 g/mol. The zero-order valence-electron chi connectivity index (χ0n) is 8.53. The number of rotatable bonds is 1. The van der Waals surface area contributed by atoms with E-state index in [1.807, 2.05) is 22.9 Å². The Labute approximate surface area is 96.4 Å². The van der Waals surface area contributed by atoms with Crippen LogP contribution in [0.25, 0.3) is 10.9 Å². The molecule has 15 heavy (non-hydrogen) atoms. The summed E-state index contributed by atoms with van der Waals surface area (Å²) < 4.78 is 2.84. The Morgan fingerprint density at radius 3 is 2.80 bits per heavy atom. The number of benzene rings is 1. The Kier molecular flexibility index (Phi) is 2.49. The van der Waals surface area contributed by atoms with Gasteiger partial charge in [-0.05, 0) is 32.0 Å². The second-order valence-electron chi connectivity index (χ2n) is 3.66. The maximum absolute atomic E-state index is 8.98. The molecule has 4 heteroatoms. The Bertz CT molecular complexity index is 549. The fraction of sp³-hybridized carbons (Fsp3) is 0.273. The fourth-order valence-corrected chi connectivity index (χ4v) is 1.95. The van der Waals surface area contributed by atoms with Crippen LogP contribution in [0, 0.1) is 11.3 Å². The molecule has 0 spiro atoms. The summed E-state index contributed by atoms with van der Waals surface area (Å²) >= 11 is 3.40. The topological polar surface area (TPSA) is 41.6 Å². The van der Waals surface area contributed by atoms with E-state index in [1.54, 1.807) is 0 Å². The van der Waals surface area contributed by atoms with Crippen LogP contribution in [-0.4, -0.2) is 9.78 Å². The van der Waals surface area contributed by atoms with Gasteiger partial charge in [-0.3, -0.25) is 4.68 Å². The van der Waals surface area contributed by atoms with Crippen LogP contribution in [0.1, 0.15) is 25.6 Å². The van der Waals surface area contributed by atoms with Crippen molar-refractivity contribution in [3.8, 4) is 6.07 Å². The molecule has 2 aromatic rings. The summed E-state index contributed by atoms with van der Waals surface area (Å²) in [6.45, 7) is 4.10. The Morgan fingerprint density at radius 1 is 1.47 bits per heavy atom. The van der Waals surface area contributed by atoms with Crippen LogP contribution in [0.5, 0.6) is 0 Å². The summed E-state index contributed by atoms with van der Waals surface area (Å²) in [6, 6.07) is 8.25. The second kappa shape index (κ2) is 3.67. The zero-order valence-corrected chi connectivity index (χ0v) is 10.1. The van der Waals surface area contributed by atoms with Gasteiger partial charge in [-0.25, -0.2) is 0 Å². The highest BCUT2D eigenvalue weighted by Gasteiger charge is 2.11. The number of hydrogen-bond acceptors (Lipinski definition) is 2. The van der Waals surface area contributed by atoms with Crippen molar-refractivity contribution in [1.82, 2.24) is 9.78 Å². The van der Waals surface area contributed by atoms with E-state index in [9.17, 15) is 0 Å². The molecule has 0 saturated carbocycles. The Hall–Kier alpha value is -1.34. The number of hydrogen-bond donors (Lipinski definition) is 0. The first-order valence-corrected chi connectivity index (χ1v) is 5.50. The molecule has 0 aliphatic rings. The summed E-state index contributed by atoms with van der Waals surface area (Å²) in [5, 5.41) is 14.2. The Balaban J connectivity index is 2.82. The van der Waals surface area contributed by atoms with E-state index in [2.05, 4.69) is 40.9 Å². The molecule has 0 saturated heterocycles. The molecule has 0 aliphatic carbocycles. The zero-order chi connectivity index (χ0) is 11.0. The molecule has 2 rings (SSSR count). The van der Waals surface area contributed by atoms with E-state index >= 15 is 0 Å². The number of halogens is 1. The van der Waals surface area contributed by atoms with Gasteiger partial charge in [0, 0.05) is 15.9 Å². The maximum atomic E-state index is 8.98. The highest BCUT2D eigenvalue weighted by molar-refractivity contribution is 9.10. The van der Waals surface area contributed by atoms with Gasteiger partial charge in [-0.2, -0.15) is 10.4 Å². The molecule has 1 aromatic carbocycles. The third kappa shape index (κ3) is 1.64. The molecule has 3 nitrogen and oxygen atoms in total. The average Bonchev–Trinajstić information content (AvgIpc) is 2.55. The lowest BCUT2D eigenvalue weighted by Crippen LogP contribution is -2.02. The monoisotopic (exact) mass is 263 g/mol. The molecule has 76 valence electrons. The van der Waals surface area contributed by atoms with Crippen LogP contribution >= 0.6 is 15.9 Å². The summed E-state index contributed by atoms with van der Waals surface area (Å²) in [5.41, 5.74) is 1.49. The lowest BCUT2D eigenvalue weighted by molar-refractivity contribution is 0.549. The normalized spacial score (nSPS) is 10.9. The largest absolute Gasteiger partial charge is 0.261 e. The summed E-state index contributed by atoms with van der Waals surface area (Å²) in [6.07, 6.45) is 0. The van der Waals surface area contributed by atoms with Crippen molar-refractivity contribution in [2.45, 2.75) is 19.9 Å². The van der Waals surface area contributed by atoms with Gasteiger partial charge in [0.05, 0.1) is 5.52 Å². The first kappa shape index (κ1) is 10.2. The summed E-state index contributed by atoms with van der Waals surface area (Å²) in [4.78, 5) is 0. The Morgan fingerprint density at radius 2 is 2.20 bits per heavy atom. The lowest BCUT2D eigenvalue weighted by Gasteiger charge is -2.06. The first-order chi connectivity index (χ1) is 7.13. The number of aromatic nitrogens is 2. The van der Waals surface area contributed by atoms with Crippen LogP contribution in [0.3, 0.4) is 0 Å². The third-order valence-electron chi connectivity index (χ3n) is 2.26. The van der Waals surface area contributed by atoms with Crippen LogP contribution < -0.4 is 0 Å². The number of nitrogens with zero attached hydrogens (tertiary/aromatic N) is 3. The van der Waals surface area contributed by atoms with Gasteiger partial charge in [-0.1, -0.05) is 15.9 Å². The quantitative estimate of drug-likeness (QED) is 0.793. The molecule has 1 aromatic heterocycles. The van der Waals surface area contributed by atoms with Crippen molar-refractivity contribution in [1.29, 1.82) is 5.26 Å². The third-order valence-corrected chi connectivity index (χ3v) is 2.76. The van der Waals surface area contributed by atoms with Gasteiger partial charge in [0.25, 0.3) is 0 Å². The van der Waals surface area contributed by atoms with Gasteiger partial charge in [0.1, 0.15) is 6.07 Å². The maximum Gasteiger partial charge on any atom is 0.170 e. The fourth-order valence-electron chi connectivity index (χ4n) is 1.59. The van der Waals surface area contributed by atoms with E-state index in [4.69, 9.17) is 5.26 Å². The minimum Gasteiger partial charge on any atom is -0.261 e. The molecular formula is C11H10BrN3. The SMILES string of the molecule is CC(C)n1nc(C#N)c2cc(Br)ccc21. The highest BCUT2D eigenvalue weighted by Crippen LogP contribution is 2.24. The van der Waals surface area contributed by atoms with Crippen molar-refractivity contribution in [3.05, 3.63) is 28.4 Å². The molecule has 0 N–H and O–H groups in total. The van der Waals surface area contributed by atoms with E-state index < -0.39 is 0 Å². The van der Waals surface area contributed by atoms with Gasteiger partial charge < -0.3 is 0 Å². The van der Waals surface area contributed by atoms with Crippen molar-refractivity contribution in [3.63, 3.8) is 0 Å². The van der Waals surface area contributed by atoms with Gasteiger partial charge in [0.2, 0.25) is 0 Å². The molecular weight excluding hydrogens is 254 g/mol. The highest BCUT2D eigenvalue weighted by atomic mass is 79.9. The minimum absolute atomic E-state index is 0.260. The van der Waals surface area contributed by atoms with E-state index in [0.29, 0.717) is 5.69 Å². The molecule has 0 aliphatic heterocycles. The van der Waals surface area contributed by atoms with Gasteiger partial charge in [-0.15, -0.1) is 0 Å². The molecule has 0 unspecified atom stereocenters. The first-order valence-electron chi connectivity index (χ1n) is 4.71. The van der Waals surface area contributed by atoms with Gasteiger partial charge in [0.15, 0.2) is 5.69 Å². The van der Waals surface area contributed by atoms with E-state index in [-0.39, 0.29) is 6.04 Å². The number of nitriles is 1. The van der Waals surface area contributed by atoms with Crippen molar-refractivity contribution < 1.29 is 0 Å². The van der Waals surface area contributed by atoms with Crippen molar-refractivity contribution in [2.75, 3.05) is 0 Å². The number of fused-ring (bicyclic) bond motifs is 1. The smallest absolute Gasteiger partial charge is 0.170 e. The molecule has 0 atom stereocenters. The van der Waals surface area contributed by atoms with Crippen LogP contribution in [0.2, 0.25) is 0 Å². The molecule has 0 fully saturated rings. The predicted molar refractivity (Wildman–Crippen MR) is 62.5 cm³/mol. The predicted octanol–water partition coefficient (Wildman–Crippen LogP) is 3.25. The van der Waals surface area contributed by atoms with Gasteiger partial charge >= 0.3 is 0 Å². The second-order valence-corrected chi connectivity index (χ2v) is 4.58. The summed E-state index contributed by atoms with van der Waals surface area (Å²) in [5.74, 6) is 0. The summed E-state index contributed by atoms with van der Waals surface area (Å²) in [7, 11) is 0. The standard InChI is InChI=1S/C11H10BrN3/c1-7(2)15-11-4-3-8(12)5-9(11)10(6-13)14-15/h3-5,7H,1-2H3.